The van der Waals surface area contributed by atoms with Crippen molar-refractivity contribution in [2.24, 2.45) is 0 Å². The Hall–Kier alpha value is -2.77. The van der Waals surface area contributed by atoms with E-state index in [-0.39, 0.29) is 22.7 Å². The summed E-state index contributed by atoms with van der Waals surface area (Å²) in [5.74, 6) is -0.460. The summed E-state index contributed by atoms with van der Waals surface area (Å²) < 4.78 is 0.984. The van der Waals surface area contributed by atoms with Crippen LogP contribution in [0, 0.1) is 0 Å². The van der Waals surface area contributed by atoms with E-state index < -0.39 is 0 Å². The van der Waals surface area contributed by atoms with E-state index in [2.05, 4.69) is 10.3 Å². The molecule has 2 heterocycles. The maximum absolute atomic E-state index is 12.5. The van der Waals surface area contributed by atoms with Crippen molar-refractivity contribution in [3.8, 4) is 0 Å². The Labute approximate surface area is 159 Å². The Balaban J connectivity index is 1.36. The van der Waals surface area contributed by atoms with Gasteiger partial charge in [0.15, 0.2) is 0 Å². The monoisotopic (exact) mass is 381 g/mol. The second-order valence-electron chi connectivity index (χ2n) is 6.64. The molecule has 27 heavy (non-hydrogen) atoms. The van der Waals surface area contributed by atoms with Gasteiger partial charge in [-0.1, -0.05) is 35.6 Å². The summed E-state index contributed by atoms with van der Waals surface area (Å²) in [6.45, 7) is 3.08. The number of imide groups is 1. The zero-order valence-corrected chi connectivity index (χ0v) is 15.6. The van der Waals surface area contributed by atoms with Gasteiger partial charge < -0.3 is 10.3 Å². The molecule has 4 rings (SSSR count). The number of hydrogen-bond donors (Lipinski definition) is 2. The zero-order valence-electron chi connectivity index (χ0n) is 14.8. The summed E-state index contributed by atoms with van der Waals surface area (Å²) >= 11 is 1.22. The van der Waals surface area contributed by atoms with Crippen molar-refractivity contribution in [1.82, 2.24) is 15.2 Å². The molecule has 0 spiro atoms. The van der Waals surface area contributed by atoms with Gasteiger partial charge in [-0.3, -0.25) is 19.3 Å². The molecule has 2 N–H and O–H groups in total. The first-order valence-electron chi connectivity index (χ1n) is 8.84. The van der Waals surface area contributed by atoms with Crippen molar-refractivity contribution in [3.63, 3.8) is 0 Å². The first kappa shape index (κ1) is 17.6. The minimum atomic E-state index is -0.239. The van der Waals surface area contributed by atoms with Crippen molar-refractivity contribution in [2.75, 3.05) is 13.1 Å². The van der Waals surface area contributed by atoms with Gasteiger partial charge in [0.25, 0.3) is 11.8 Å². The van der Waals surface area contributed by atoms with Crippen LogP contribution in [0.2, 0.25) is 0 Å². The number of amides is 2. The van der Waals surface area contributed by atoms with E-state index in [0.717, 1.165) is 22.2 Å². The molecule has 3 aromatic rings. The summed E-state index contributed by atoms with van der Waals surface area (Å²) in [5, 5.41) is 3.32. The number of aromatic nitrogens is 1. The normalized spacial score (nSPS) is 14.8. The Morgan fingerprint density at radius 1 is 1.04 bits per heavy atom. The van der Waals surface area contributed by atoms with Crippen molar-refractivity contribution in [3.05, 3.63) is 68.8 Å². The number of nitrogens with one attached hydrogen (secondary N) is 2. The third-order valence-electron chi connectivity index (χ3n) is 4.81. The molecule has 0 saturated heterocycles. The van der Waals surface area contributed by atoms with E-state index in [1.807, 2.05) is 25.1 Å². The highest BCUT2D eigenvalue weighted by Gasteiger charge is 2.37. The number of carbonyl (C=O) groups is 2. The van der Waals surface area contributed by atoms with E-state index in [1.165, 1.54) is 16.2 Å². The average molecular weight is 381 g/mol. The Kier molecular flexibility index (Phi) is 4.63. The fraction of sp³-hybridized carbons (Fsp3) is 0.250. The number of benzene rings is 2. The molecule has 7 heteroatoms. The first-order valence-corrected chi connectivity index (χ1v) is 9.66. The van der Waals surface area contributed by atoms with Crippen LogP contribution in [0.5, 0.6) is 0 Å². The molecule has 0 fully saturated rings. The lowest BCUT2D eigenvalue weighted by molar-refractivity contribution is 0.0596. The number of hydrogen-bond acceptors (Lipinski definition) is 5. The summed E-state index contributed by atoms with van der Waals surface area (Å²) in [6, 6.07) is 12.5. The number of nitrogens with zero attached hydrogens (tertiary/aromatic N) is 1. The van der Waals surface area contributed by atoms with Crippen molar-refractivity contribution < 1.29 is 9.59 Å². The number of aromatic amines is 1. The van der Waals surface area contributed by atoms with Gasteiger partial charge in [0.05, 0.1) is 21.3 Å². The van der Waals surface area contributed by atoms with Gasteiger partial charge in [0, 0.05) is 12.6 Å². The van der Waals surface area contributed by atoms with Crippen LogP contribution in [0.3, 0.4) is 0 Å². The Morgan fingerprint density at radius 2 is 1.74 bits per heavy atom. The van der Waals surface area contributed by atoms with Crippen LogP contribution < -0.4 is 10.2 Å². The second-order valence-corrected chi connectivity index (χ2v) is 7.62. The van der Waals surface area contributed by atoms with E-state index in [4.69, 9.17) is 0 Å². The van der Waals surface area contributed by atoms with E-state index in [0.29, 0.717) is 24.2 Å². The van der Waals surface area contributed by atoms with Crippen LogP contribution in [0.25, 0.3) is 10.2 Å². The highest BCUT2D eigenvalue weighted by Crippen LogP contribution is 2.24. The summed E-state index contributed by atoms with van der Waals surface area (Å²) in [7, 11) is 0. The summed E-state index contributed by atoms with van der Waals surface area (Å²) in [6.07, 6.45) is 0.764. The molecular formula is C20H19N3O3S. The van der Waals surface area contributed by atoms with Crippen LogP contribution in [0.4, 0.5) is 0 Å². The first-order chi connectivity index (χ1) is 13.1. The minimum absolute atomic E-state index is 0.0512. The minimum Gasteiger partial charge on any atom is -0.314 e. The van der Waals surface area contributed by atoms with Crippen molar-refractivity contribution in [2.45, 2.75) is 19.4 Å². The van der Waals surface area contributed by atoms with Gasteiger partial charge in [-0.25, -0.2) is 0 Å². The Bertz CT molecular complexity index is 1050. The predicted octanol–water partition coefficient (Wildman–Crippen LogP) is 2.41. The van der Waals surface area contributed by atoms with Gasteiger partial charge in [0.2, 0.25) is 0 Å². The average Bonchev–Trinajstić information content (AvgIpc) is 3.16. The summed E-state index contributed by atoms with van der Waals surface area (Å²) in [4.78, 5) is 40.6. The highest BCUT2D eigenvalue weighted by molar-refractivity contribution is 7.16. The molecule has 0 bridgehead atoms. The van der Waals surface area contributed by atoms with Crippen LogP contribution in [0.15, 0.2) is 47.3 Å². The molecule has 138 valence electrons. The third-order valence-corrected chi connectivity index (χ3v) is 5.78. The molecule has 2 amide bonds. The number of carbonyl (C=O) groups excluding carboxylic acids is 2. The van der Waals surface area contributed by atoms with Crippen LogP contribution in [0.1, 0.15) is 33.2 Å². The highest BCUT2D eigenvalue weighted by atomic mass is 32.1. The maximum Gasteiger partial charge on any atom is 0.305 e. The molecule has 1 aliphatic heterocycles. The maximum atomic E-state index is 12.5. The van der Waals surface area contributed by atoms with Gasteiger partial charge in [-0.2, -0.15) is 0 Å². The molecule has 1 unspecified atom stereocenters. The van der Waals surface area contributed by atoms with Gasteiger partial charge in [-0.15, -0.1) is 0 Å². The van der Waals surface area contributed by atoms with Crippen molar-refractivity contribution >= 4 is 33.4 Å². The SMILES string of the molecule is CC(CNCCc1cccc2[nH]c(=O)sc12)N1C(=O)c2ccccc2C1=O. The zero-order chi connectivity index (χ0) is 19.0. The van der Waals surface area contributed by atoms with E-state index >= 15 is 0 Å². The largest absolute Gasteiger partial charge is 0.314 e. The molecule has 1 aliphatic rings. The van der Waals surface area contributed by atoms with E-state index in [1.54, 1.807) is 24.3 Å². The fourth-order valence-corrected chi connectivity index (χ4v) is 4.34. The molecular weight excluding hydrogens is 362 g/mol. The van der Waals surface area contributed by atoms with Gasteiger partial charge >= 0.3 is 4.87 Å². The molecule has 1 aromatic heterocycles. The molecule has 0 aliphatic carbocycles. The van der Waals surface area contributed by atoms with Crippen molar-refractivity contribution in [1.29, 1.82) is 0 Å². The number of fused-ring (bicyclic) bond motifs is 2. The molecule has 0 saturated carbocycles. The lowest BCUT2D eigenvalue weighted by atomic mass is 10.1. The molecule has 1 atom stereocenters. The van der Waals surface area contributed by atoms with Gasteiger partial charge in [0.1, 0.15) is 0 Å². The lowest BCUT2D eigenvalue weighted by Gasteiger charge is -2.22. The van der Waals surface area contributed by atoms with Crippen LogP contribution in [-0.2, 0) is 6.42 Å². The number of rotatable bonds is 6. The second kappa shape index (κ2) is 7.09. The van der Waals surface area contributed by atoms with Crippen LogP contribution in [-0.4, -0.2) is 40.8 Å². The van der Waals surface area contributed by atoms with Crippen LogP contribution >= 0.6 is 11.3 Å². The Morgan fingerprint density at radius 3 is 2.44 bits per heavy atom. The summed E-state index contributed by atoms with van der Waals surface area (Å²) in [5.41, 5.74) is 2.92. The third kappa shape index (κ3) is 3.20. The molecule has 0 radical (unpaired) electrons. The topological polar surface area (TPSA) is 82.3 Å². The number of H-pyrrole nitrogens is 1. The fourth-order valence-electron chi connectivity index (χ4n) is 3.46. The van der Waals surface area contributed by atoms with Gasteiger partial charge in [-0.05, 0) is 43.7 Å². The lowest BCUT2D eigenvalue weighted by Crippen LogP contribution is -2.44. The molecule has 6 nitrogen and oxygen atoms in total. The number of thiazole rings is 1. The van der Waals surface area contributed by atoms with E-state index in [9.17, 15) is 14.4 Å². The standard InChI is InChI=1S/C20H19N3O3S/c1-12(23-18(24)14-6-2-3-7-15(14)19(23)25)11-21-10-9-13-5-4-8-16-17(13)27-20(26)22-16/h2-8,12,21H,9-11H2,1H3,(H,22,26). The molecule has 2 aromatic carbocycles. The quantitative estimate of drug-likeness (QED) is 0.507. The smallest absolute Gasteiger partial charge is 0.305 e. The predicted molar refractivity (Wildman–Crippen MR) is 105 cm³/mol.